The molecule has 18 heavy (non-hydrogen) atoms. The van der Waals surface area contributed by atoms with Gasteiger partial charge in [0.1, 0.15) is 0 Å². The lowest BCUT2D eigenvalue weighted by Crippen LogP contribution is -2.23. The summed E-state index contributed by atoms with van der Waals surface area (Å²) < 4.78 is 0. The number of hydrogen-bond donors (Lipinski definition) is 1. The Hall–Kier alpha value is -1.06. The van der Waals surface area contributed by atoms with Gasteiger partial charge in [0.05, 0.1) is 5.92 Å². The number of aryl methyl sites for hydroxylation is 1. The number of benzene rings is 1. The van der Waals surface area contributed by atoms with Crippen LogP contribution in [0.15, 0.2) is 18.2 Å². The maximum absolute atomic E-state index is 11.3. The molecule has 2 rings (SSSR count). The largest absolute Gasteiger partial charge is 0.481 e. The van der Waals surface area contributed by atoms with Crippen molar-refractivity contribution < 1.29 is 9.90 Å². The van der Waals surface area contributed by atoms with Crippen LogP contribution in [-0.4, -0.2) is 35.6 Å². The third-order valence-electron chi connectivity index (χ3n) is 3.77. The lowest BCUT2D eigenvalue weighted by Gasteiger charge is -2.16. The molecule has 2 unspecified atom stereocenters. The molecule has 1 aliphatic rings. The summed E-state index contributed by atoms with van der Waals surface area (Å²) >= 11 is 6.02. The minimum atomic E-state index is -0.705. The van der Waals surface area contributed by atoms with Crippen molar-refractivity contribution in [3.05, 3.63) is 34.3 Å². The van der Waals surface area contributed by atoms with Crippen molar-refractivity contribution in [2.24, 2.45) is 5.92 Å². The van der Waals surface area contributed by atoms with Gasteiger partial charge in [-0.05, 0) is 30.7 Å². The molecule has 0 spiro atoms. The van der Waals surface area contributed by atoms with E-state index in [1.165, 1.54) is 0 Å². The van der Waals surface area contributed by atoms with Gasteiger partial charge in [0, 0.05) is 24.0 Å². The van der Waals surface area contributed by atoms with Gasteiger partial charge in [-0.2, -0.15) is 0 Å². The molecule has 0 amide bonds. The molecule has 1 N–H and O–H groups in total. The Morgan fingerprint density at radius 3 is 2.78 bits per heavy atom. The molecule has 0 aromatic heterocycles. The molecule has 1 aliphatic heterocycles. The Balaban J connectivity index is 2.29. The SMILES string of the molecule is CCN1CC(C(=O)O)C(c2ccc(Cl)c(C)c2)C1. The second kappa shape index (κ2) is 5.29. The van der Waals surface area contributed by atoms with Crippen molar-refractivity contribution >= 4 is 17.6 Å². The van der Waals surface area contributed by atoms with Crippen LogP contribution >= 0.6 is 11.6 Å². The van der Waals surface area contributed by atoms with Crippen molar-refractivity contribution in [3.63, 3.8) is 0 Å². The lowest BCUT2D eigenvalue weighted by atomic mass is 9.88. The molecule has 98 valence electrons. The minimum absolute atomic E-state index is 0.0680. The Labute approximate surface area is 112 Å². The highest BCUT2D eigenvalue weighted by Crippen LogP contribution is 2.34. The zero-order valence-electron chi connectivity index (χ0n) is 10.7. The molecule has 1 saturated heterocycles. The van der Waals surface area contributed by atoms with Crippen LogP contribution in [-0.2, 0) is 4.79 Å². The molecule has 1 heterocycles. The molecule has 2 atom stereocenters. The summed E-state index contributed by atoms with van der Waals surface area (Å²) in [7, 11) is 0. The highest BCUT2D eigenvalue weighted by Gasteiger charge is 2.37. The van der Waals surface area contributed by atoms with Gasteiger partial charge in [-0.3, -0.25) is 4.79 Å². The lowest BCUT2D eigenvalue weighted by molar-refractivity contribution is -0.141. The summed E-state index contributed by atoms with van der Waals surface area (Å²) in [6.45, 7) is 6.36. The van der Waals surface area contributed by atoms with Crippen molar-refractivity contribution in [2.45, 2.75) is 19.8 Å². The molecule has 0 radical (unpaired) electrons. The molecule has 0 aliphatic carbocycles. The van der Waals surface area contributed by atoms with Gasteiger partial charge < -0.3 is 10.0 Å². The highest BCUT2D eigenvalue weighted by atomic mass is 35.5. The topological polar surface area (TPSA) is 40.5 Å². The Bertz CT molecular complexity index is 461. The molecular weight excluding hydrogens is 250 g/mol. The van der Waals surface area contributed by atoms with Crippen molar-refractivity contribution in [3.8, 4) is 0 Å². The molecule has 0 bridgehead atoms. The van der Waals surface area contributed by atoms with Crippen molar-refractivity contribution in [1.82, 2.24) is 4.90 Å². The number of nitrogens with zero attached hydrogens (tertiary/aromatic N) is 1. The number of hydrogen-bond acceptors (Lipinski definition) is 2. The van der Waals surface area contributed by atoms with Gasteiger partial charge in [0.25, 0.3) is 0 Å². The summed E-state index contributed by atoms with van der Waals surface area (Å²) in [5.74, 6) is -0.951. The molecule has 3 nitrogen and oxygen atoms in total. The van der Waals surface area contributed by atoms with E-state index in [2.05, 4.69) is 11.8 Å². The van der Waals surface area contributed by atoms with E-state index in [9.17, 15) is 9.90 Å². The number of carboxylic acid groups (broad SMARTS) is 1. The number of carbonyl (C=O) groups is 1. The summed E-state index contributed by atoms with van der Waals surface area (Å²) in [5.41, 5.74) is 2.09. The third-order valence-corrected chi connectivity index (χ3v) is 4.19. The number of halogens is 1. The Kier molecular flexibility index (Phi) is 3.93. The van der Waals surface area contributed by atoms with E-state index in [0.29, 0.717) is 6.54 Å². The fourth-order valence-electron chi connectivity index (χ4n) is 2.63. The van der Waals surface area contributed by atoms with Gasteiger partial charge in [-0.1, -0.05) is 30.7 Å². The summed E-state index contributed by atoms with van der Waals surface area (Å²) in [5, 5.41) is 10.1. The number of likely N-dealkylation sites (N-methyl/N-ethyl adjacent to an activating group) is 1. The predicted molar refractivity (Wildman–Crippen MR) is 72.2 cm³/mol. The standard InChI is InChI=1S/C14H18ClNO2/c1-3-16-7-11(12(8-16)14(17)18)10-4-5-13(15)9(2)6-10/h4-6,11-12H,3,7-8H2,1-2H3,(H,17,18). The summed E-state index contributed by atoms with van der Waals surface area (Å²) in [6, 6.07) is 5.83. The molecule has 1 fully saturated rings. The summed E-state index contributed by atoms with van der Waals surface area (Å²) in [4.78, 5) is 13.5. The maximum atomic E-state index is 11.3. The average Bonchev–Trinajstić information content (AvgIpc) is 2.77. The van der Waals surface area contributed by atoms with Crippen LogP contribution in [0.4, 0.5) is 0 Å². The zero-order valence-corrected chi connectivity index (χ0v) is 11.4. The van der Waals surface area contributed by atoms with Crippen LogP contribution in [0.3, 0.4) is 0 Å². The van der Waals surface area contributed by atoms with Crippen LogP contribution < -0.4 is 0 Å². The number of likely N-dealkylation sites (tertiary alicyclic amines) is 1. The smallest absolute Gasteiger partial charge is 0.308 e. The van der Waals surface area contributed by atoms with E-state index < -0.39 is 5.97 Å². The molecule has 4 heteroatoms. The van der Waals surface area contributed by atoms with Crippen LogP contribution in [0.2, 0.25) is 5.02 Å². The maximum Gasteiger partial charge on any atom is 0.308 e. The third kappa shape index (κ3) is 2.52. The van der Waals surface area contributed by atoms with E-state index >= 15 is 0 Å². The van der Waals surface area contributed by atoms with Gasteiger partial charge in [-0.25, -0.2) is 0 Å². The monoisotopic (exact) mass is 267 g/mol. The fourth-order valence-corrected chi connectivity index (χ4v) is 2.75. The molecule has 1 aromatic rings. The van der Waals surface area contributed by atoms with Gasteiger partial charge in [0.15, 0.2) is 0 Å². The van der Waals surface area contributed by atoms with Crippen molar-refractivity contribution in [1.29, 1.82) is 0 Å². The van der Waals surface area contributed by atoms with Gasteiger partial charge in [-0.15, -0.1) is 0 Å². The molecule has 0 saturated carbocycles. The Morgan fingerprint density at radius 1 is 1.50 bits per heavy atom. The highest BCUT2D eigenvalue weighted by molar-refractivity contribution is 6.31. The van der Waals surface area contributed by atoms with Crippen LogP contribution in [0.5, 0.6) is 0 Å². The Morgan fingerprint density at radius 2 is 2.22 bits per heavy atom. The van der Waals surface area contributed by atoms with E-state index in [-0.39, 0.29) is 11.8 Å². The van der Waals surface area contributed by atoms with Crippen LogP contribution in [0, 0.1) is 12.8 Å². The second-order valence-electron chi connectivity index (χ2n) is 4.91. The zero-order chi connectivity index (χ0) is 13.3. The second-order valence-corrected chi connectivity index (χ2v) is 5.32. The molecular formula is C14H18ClNO2. The van der Waals surface area contributed by atoms with Crippen LogP contribution in [0.25, 0.3) is 0 Å². The van der Waals surface area contributed by atoms with E-state index in [0.717, 1.165) is 29.2 Å². The quantitative estimate of drug-likeness (QED) is 0.916. The van der Waals surface area contributed by atoms with Crippen molar-refractivity contribution in [2.75, 3.05) is 19.6 Å². The summed E-state index contributed by atoms with van der Waals surface area (Å²) in [6.07, 6.45) is 0. The van der Waals surface area contributed by atoms with E-state index in [1.807, 2.05) is 25.1 Å². The van der Waals surface area contributed by atoms with Gasteiger partial charge >= 0.3 is 5.97 Å². The predicted octanol–water partition coefficient (Wildman–Crippen LogP) is 2.77. The molecule has 1 aromatic carbocycles. The first-order chi connectivity index (χ1) is 8.52. The average molecular weight is 268 g/mol. The van der Waals surface area contributed by atoms with E-state index in [1.54, 1.807) is 0 Å². The normalized spacial score (nSPS) is 24.4. The number of aliphatic carboxylic acids is 1. The number of carboxylic acids is 1. The first-order valence-corrected chi connectivity index (χ1v) is 6.62. The van der Waals surface area contributed by atoms with Gasteiger partial charge in [0.2, 0.25) is 0 Å². The first kappa shape index (κ1) is 13.4. The van der Waals surface area contributed by atoms with Crippen LogP contribution in [0.1, 0.15) is 24.0 Å². The fraction of sp³-hybridized carbons (Fsp3) is 0.500. The number of rotatable bonds is 3. The minimum Gasteiger partial charge on any atom is -0.481 e. The van der Waals surface area contributed by atoms with E-state index in [4.69, 9.17) is 11.6 Å². The first-order valence-electron chi connectivity index (χ1n) is 6.24.